The highest BCUT2D eigenvalue weighted by atomic mass is 32.2. The van der Waals surface area contributed by atoms with Gasteiger partial charge in [0.25, 0.3) is 5.91 Å². The minimum absolute atomic E-state index is 0.0691. The van der Waals surface area contributed by atoms with Gasteiger partial charge in [0.1, 0.15) is 12.1 Å². The van der Waals surface area contributed by atoms with Gasteiger partial charge in [0.05, 0.1) is 24.7 Å². The summed E-state index contributed by atoms with van der Waals surface area (Å²) in [5.41, 5.74) is -0.352. The van der Waals surface area contributed by atoms with E-state index in [1.807, 2.05) is 34.6 Å². The summed E-state index contributed by atoms with van der Waals surface area (Å²) in [6.07, 6.45) is 0.989. The molecule has 1 rings (SSSR count). The average molecular weight is 851 g/mol. The molecule has 15 nitrogen and oxygen atoms in total. The van der Waals surface area contributed by atoms with E-state index in [1.165, 1.54) is 26.0 Å². The van der Waals surface area contributed by atoms with Gasteiger partial charge in [-0.15, -0.1) is 0 Å². The quantitative estimate of drug-likeness (QED) is 0.0411. The molecule has 17 heteroatoms. The van der Waals surface area contributed by atoms with E-state index in [-0.39, 0.29) is 47.4 Å². The molecule has 0 aliphatic heterocycles. The van der Waals surface area contributed by atoms with Crippen LogP contribution in [0.3, 0.4) is 0 Å². The van der Waals surface area contributed by atoms with E-state index in [0.29, 0.717) is 30.1 Å². The first-order valence-corrected chi connectivity index (χ1v) is 21.5. The van der Waals surface area contributed by atoms with Crippen molar-refractivity contribution in [2.24, 2.45) is 11.8 Å². The van der Waals surface area contributed by atoms with Crippen LogP contribution in [-0.4, -0.2) is 113 Å². The molecular formula is C41H66N6O9S2. The Balaban J connectivity index is 3.01. The minimum Gasteiger partial charge on any atom is -0.376 e. The van der Waals surface area contributed by atoms with E-state index in [1.54, 1.807) is 37.7 Å². The van der Waals surface area contributed by atoms with E-state index in [2.05, 4.69) is 51.5 Å². The number of hydrogen-bond acceptors (Lipinski definition) is 11. The van der Waals surface area contributed by atoms with Crippen LogP contribution in [0.15, 0.2) is 24.3 Å². The third-order valence-corrected chi connectivity index (χ3v) is 10.6. The van der Waals surface area contributed by atoms with Gasteiger partial charge in [-0.1, -0.05) is 32.9 Å². The third-order valence-electron chi connectivity index (χ3n) is 8.81. The number of thiol groups is 1. The van der Waals surface area contributed by atoms with Crippen LogP contribution in [-0.2, 0) is 33.5 Å². The maximum atomic E-state index is 13.4. The normalized spacial score (nSPS) is 13.7. The molecule has 0 spiro atoms. The van der Waals surface area contributed by atoms with Gasteiger partial charge in [0, 0.05) is 47.1 Å². The molecule has 0 aliphatic carbocycles. The molecule has 6 amide bonds. The van der Waals surface area contributed by atoms with Crippen molar-refractivity contribution >= 4 is 71.4 Å². The molecular weight excluding hydrogens is 785 g/mol. The van der Waals surface area contributed by atoms with Crippen molar-refractivity contribution in [3.63, 3.8) is 0 Å². The number of Topliss-reactive ketones (excluding diaryl/α,β-unsaturated/α-hetero) is 2. The Morgan fingerprint density at radius 1 is 0.793 bits per heavy atom. The molecule has 0 bridgehead atoms. The molecule has 0 heterocycles. The lowest BCUT2D eigenvalue weighted by atomic mass is 9.99. The molecule has 0 radical (unpaired) electrons. The Bertz CT molecular complexity index is 1560. The standard InChI is InChI=1S/C41H66N6O9S2/c1-11-20-58-24-30(23-57)36(52)28-12-14-29(15-13-28)37(53)42-21-33(50)45-31(16-17-32(49)46-35(25(2)3)39(55)44-26(4)27(5)48)38(54)43-22-34(51)47-41(9,10)18-19-56-40(6,7)8/h12-15,25-26,30-31,35,57H,11,16-24H2,1-10H3,(H,42,53)(H,43,54)(H,44,55)(H,45,50)(H,46,49)(H,47,51). The predicted molar refractivity (Wildman–Crippen MR) is 230 cm³/mol. The van der Waals surface area contributed by atoms with Crippen LogP contribution in [0.25, 0.3) is 0 Å². The number of hydrogen-bond donors (Lipinski definition) is 7. The fraction of sp³-hybridized carbons (Fsp3) is 0.659. The third kappa shape index (κ3) is 20.6. The number of amides is 6. The van der Waals surface area contributed by atoms with Crippen molar-refractivity contribution in [1.82, 2.24) is 31.9 Å². The van der Waals surface area contributed by atoms with Crippen LogP contribution in [0.5, 0.6) is 0 Å². The van der Waals surface area contributed by atoms with Crippen molar-refractivity contribution < 1.29 is 43.1 Å². The molecule has 4 unspecified atom stereocenters. The summed E-state index contributed by atoms with van der Waals surface area (Å²) in [6.45, 7) is 17.2. The zero-order valence-corrected chi connectivity index (χ0v) is 37.5. The molecule has 4 atom stereocenters. The lowest BCUT2D eigenvalue weighted by molar-refractivity contribution is -0.132. The number of thioether (sulfide) groups is 1. The maximum Gasteiger partial charge on any atom is 0.251 e. The first-order valence-electron chi connectivity index (χ1n) is 19.7. The maximum absolute atomic E-state index is 13.4. The number of ether oxygens (including phenoxy) is 1. The summed E-state index contributed by atoms with van der Waals surface area (Å²) in [7, 11) is 0. The van der Waals surface area contributed by atoms with Gasteiger partial charge in [0.15, 0.2) is 11.6 Å². The van der Waals surface area contributed by atoms with Gasteiger partial charge in [-0.25, -0.2) is 0 Å². The highest BCUT2D eigenvalue weighted by Crippen LogP contribution is 2.18. The molecule has 58 heavy (non-hydrogen) atoms. The summed E-state index contributed by atoms with van der Waals surface area (Å²) in [6, 6.07) is 3.04. The zero-order valence-electron chi connectivity index (χ0n) is 35.8. The van der Waals surface area contributed by atoms with E-state index < -0.39 is 72.2 Å². The lowest BCUT2D eigenvalue weighted by Crippen LogP contribution is -2.54. The van der Waals surface area contributed by atoms with Gasteiger partial charge in [-0.2, -0.15) is 24.4 Å². The van der Waals surface area contributed by atoms with Crippen LogP contribution in [0.2, 0.25) is 0 Å². The number of benzene rings is 1. The van der Waals surface area contributed by atoms with Gasteiger partial charge < -0.3 is 36.6 Å². The lowest BCUT2D eigenvalue weighted by Gasteiger charge is -2.28. The number of nitrogens with one attached hydrogen (secondary N) is 6. The largest absolute Gasteiger partial charge is 0.376 e. The molecule has 0 aromatic heterocycles. The summed E-state index contributed by atoms with van der Waals surface area (Å²) in [4.78, 5) is 103. The van der Waals surface area contributed by atoms with Crippen LogP contribution < -0.4 is 31.9 Å². The Labute approximate surface area is 353 Å². The van der Waals surface area contributed by atoms with Crippen LogP contribution in [0.1, 0.15) is 116 Å². The number of ketones is 2. The Morgan fingerprint density at radius 2 is 1.40 bits per heavy atom. The van der Waals surface area contributed by atoms with Crippen molar-refractivity contribution in [1.29, 1.82) is 0 Å². The van der Waals surface area contributed by atoms with Gasteiger partial charge in [0.2, 0.25) is 29.5 Å². The smallest absolute Gasteiger partial charge is 0.251 e. The summed E-state index contributed by atoms with van der Waals surface area (Å²) >= 11 is 6.02. The van der Waals surface area contributed by atoms with E-state index >= 15 is 0 Å². The number of rotatable bonds is 26. The summed E-state index contributed by atoms with van der Waals surface area (Å²) < 4.78 is 5.76. The topological polar surface area (TPSA) is 218 Å². The fourth-order valence-electron chi connectivity index (χ4n) is 5.23. The van der Waals surface area contributed by atoms with Gasteiger partial charge in [-0.05, 0) is 91.5 Å². The molecule has 6 N–H and O–H groups in total. The Hall–Kier alpha value is -3.96. The van der Waals surface area contributed by atoms with Crippen molar-refractivity contribution in [3.05, 3.63) is 35.4 Å². The minimum atomic E-state index is -1.30. The van der Waals surface area contributed by atoms with Gasteiger partial charge >= 0.3 is 0 Å². The SMILES string of the molecule is CCCSCC(CS)C(=O)c1ccc(C(=O)NCC(=O)NC(CCC(=O)NC(C(=O)NC(C)C(C)=O)C(C)C)C(=O)NCC(=O)NC(C)(C)CCOC(C)(C)C)cc1. The van der Waals surface area contributed by atoms with Crippen molar-refractivity contribution in [2.45, 2.75) is 124 Å². The van der Waals surface area contributed by atoms with Crippen LogP contribution in [0.4, 0.5) is 0 Å². The highest BCUT2D eigenvalue weighted by molar-refractivity contribution is 7.99. The second-order valence-electron chi connectivity index (χ2n) is 16.2. The van der Waals surface area contributed by atoms with Gasteiger partial charge in [-0.3, -0.25) is 38.4 Å². The summed E-state index contributed by atoms with van der Waals surface area (Å²) in [5, 5.41) is 15.6. The van der Waals surface area contributed by atoms with Crippen molar-refractivity contribution in [3.8, 4) is 0 Å². The zero-order chi connectivity index (χ0) is 44.2. The van der Waals surface area contributed by atoms with Crippen molar-refractivity contribution in [2.75, 3.05) is 37.0 Å². The van der Waals surface area contributed by atoms with E-state index in [9.17, 15) is 38.4 Å². The molecule has 0 aliphatic rings. The molecule has 1 aromatic rings. The second-order valence-corrected chi connectivity index (χ2v) is 17.7. The second kappa shape index (κ2) is 25.5. The van der Waals surface area contributed by atoms with Crippen LogP contribution >= 0.6 is 24.4 Å². The highest BCUT2D eigenvalue weighted by Gasteiger charge is 2.29. The number of carbonyl (C=O) groups is 8. The monoisotopic (exact) mass is 850 g/mol. The predicted octanol–water partition coefficient (Wildman–Crippen LogP) is 3.00. The number of carbonyl (C=O) groups excluding carboxylic acids is 8. The molecule has 0 fully saturated rings. The van der Waals surface area contributed by atoms with E-state index in [0.717, 1.165) is 12.2 Å². The average Bonchev–Trinajstić information content (AvgIpc) is 3.13. The molecule has 0 saturated carbocycles. The molecule has 0 saturated heterocycles. The van der Waals surface area contributed by atoms with Crippen LogP contribution in [0, 0.1) is 11.8 Å². The fourth-order valence-corrected chi connectivity index (χ4v) is 6.71. The van der Waals surface area contributed by atoms with E-state index in [4.69, 9.17) is 4.74 Å². The molecule has 1 aromatic carbocycles. The Morgan fingerprint density at radius 3 is 1.95 bits per heavy atom. The molecule has 326 valence electrons. The first kappa shape index (κ1) is 52.1. The Kier molecular flexibility index (Phi) is 22.9. The first-order chi connectivity index (χ1) is 27.0. The summed E-state index contributed by atoms with van der Waals surface area (Å²) in [5.74, 6) is -2.67.